The third kappa shape index (κ3) is 4.68. The Bertz CT molecular complexity index is 876. The Labute approximate surface area is 170 Å². The average Bonchev–Trinajstić information content (AvgIpc) is 2.74. The van der Waals surface area contributed by atoms with E-state index in [2.05, 4.69) is 5.32 Å². The van der Waals surface area contributed by atoms with Crippen molar-refractivity contribution in [2.75, 3.05) is 6.61 Å². The quantitative estimate of drug-likeness (QED) is 0.435. The molecule has 0 aromatic heterocycles. The van der Waals surface area contributed by atoms with Crippen molar-refractivity contribution in [3.05, 3.63) is 71.7 Å². The lowest BCUT2D eigenvalue weighted by atomic mass is 9.96. The van der Waals surface area contributed by atoms with Crippen LogP contribution in [-0.2, 0) is 4.74 Å². The van der Waals surface area contributed by atoms with Gasteiger partial charge in [-0.3, -0.25) is 0 Å². The van der Waals surface area contributed by atoms with Gasteiger partial charge in [-0.15, -0.1) is 0 Å². The Morgan fingerprint density at radius 2 is 1.73 bits per heavy atom. The van der Waals surface area contributed by atoms with Gasteiger partial charge in [0.1, 0.15) is 24.1 Å². The Morgan fingerprint density at radius 3 is 2.33 bits per heavy atom. The van der Waals surface area contributed by atoms with E-state index >= 15 is 0 Å². The highest BCUT2D eigenvalue weighted by molar-refractivity contribution is 5.62. The molecule has 2 aromatic carbocycles. The Morgan fingerprint density at radius 1 is 1.10 bits per heavy atom. The van der Waals surface area contributed by atoms with E-state index in [1.807, 2.05) is 0 Å². The maximum absolute atomic E-state index is 13.4. The third-order valence-corrected chi connectivity index (χ3v) is 4.63. The molecule has 1 aliphatic rings. The van der Waals surface area contributed by atoms with Gasteiger partial charge in [0.2, 0.25) is 6.29 Å². The molecule has 5 atom stereocenters. The molecule has 0 spiro atoms. The molecule has 1 saturated heterocycles. The molecule has 2 aromatic rings. The van der Waals surface area contributed by atoms with Crippen LogP contribution in [0.1, 0.15) is 5.56 Å². The van der Waals surface area contributed by atoms with Crippen LogP contribution in [0.5, 0.6) is 5.75 Å². The summed E-state index contributed by atoms with van der Waals surface area (Å²) in [7, 11) is 0. The summed E-state index contributed by atoms with van der Waals surface area (Å²) in [4.78, 5) is 0. The number of nitrogens with one attached hydrogen (secondary N) is 1. The van der Waals surface area contributed by atoms with Crippen molar-refractivity contribution in [1.82, 2.24) is 5.32 Å². The van der Waals surface area contributed by atoms with E-state index in [0.717, 1.165) is 6.20 Å². The number of nitrogens with two attached hydrogens (primary N) is 1. The van der Waals surface area contributed by atoms with Crippen molar-refractivity contribution >= 4 is 5.70 Å². The van der Waals surface area contributed by atoms with E-state index in [-0.39, 0.29) is 11.3 Å². The number of benzene rings is 2. The normalized spacial score (nSPS) is 27.0. The first kappa shape index (κ1) is 21.9. The fraction of sp³-hybridized carbons (Fsp3) is 0.300. The number of rotatable bonds is 6. The molecular weight excluding hydrogens is 405 g/mol. The van der Waals surface area contributed by atoms with Gasteiger partial charge in [-0.1, -0.05) is 18.2 Å². The average molecular weight is 426 g/mol. The summed E-state index contributed by atoms with van der Waals surface area (Å²) >= 11 is 0. The maximum atomic E-state index is 13.4. The van der Waals surface area contributed by atoms with Crippen LogP contribution in [0, 0.1) is 17.5 Å². The monoisotopic (exact) mass is 426 g/mol. The highest BCUT2D eigenvalue weighted by Crippen LogP contribution is 2.25. The molecule has 0 radical (unpaired) electrons. The summed E-state index contributed by atoms with van der Waals surface area (Å²) < 4.78 is 51.0. The Hall–Kier alpha value is -2.79. The molecule has 0 saturated carbocycles. The minimum atomic E-state index is -1.62. The SMILES string of the molecule is N/C(=C\NC1C(O)C(CO)OC(Oc2ccccc2)C1O)c1cc(F)c(F)c(F)c1. The lowest BCUT2D eigenvalue weighted by Gasteiger charge is -2.42. The second-order valence-electron chi connectivity index (χ2n) is 6.68. The highest BCUT2D eigenvalue weighted by atomic mass is 19.2. The number of halogens is 3. The summed E-state index contributed by atoms with van der Waals surface area (Å²) in [6.45, 7) is -0.561. The zero-order valence-corrected chi connectivity index (χ0v) is 15.6. The molecule has 1 fully saturated rings. The van der Waals surface area contributed by atoms with Gasteiger partial charge in [-0.25, -0.2) is 13.2 Å². The fourth-order valence-corrected chi connectivity index (χ4v) is 3.01. The van der Waals surface area contributed by atoms with Gasteiger partial charge in [0.15, 0.2) is 17.5 Å². The third-order valence-electron chi connectivity index (χ3n) is 4.63. The molecule has 0 aliphatic carbocycles. The summed E-state index contributed by atoms with van der Waals surface area (Å²) in [6.07, 6.45) is -4.00. The Kier molecular flexibility index (Phi) is 6.83. The second kappa shape index (κ2) is 9.35. The number of aliphatic hydroxyl groups excluding tert-OH is 3. The summed E-state index contributed by atoms with van der Waals surface area (Å²) in [5.74, 6) is -4.06. The minimum Gasteiger partial charge on any atom is -0.462 e. The predicted octanol–water partition coefficient (Wildman–Crippen LogP) is 0.837. The van der Waals surface area contributed by atoms with Crippen molar-refractivity contribution in [2.24, 2.45) is 5.73 Å². The van der Waals surface area contributed by atoms with Crippen LogP contribution in [0.15, 0.2) is 48.7 Å². The largest absolute Gasteiger partial charge is 0.462 e. The zero-order valence-electron chi connectivity index (χ0n) is 15.6. The van der Waals surface area contributed by atoms with Crippen LogP contribution in [0.3, 0.4) is 0 Å². The van der Waals surface area contributed by atoms with Crippen molar-refractivity contribution in [3.8, 4) is 5.75 Å². The van der Waals surface area contributed by atoms with E-state index in [1.165, 1.54) is 0 Å². The van der Waals surface area contributed by atoms with Crippen molar-refractivity contribution in [2.45, 2.75) is 30.6 Å². The van der Waals surface area contributed by atoms with Crippen molar-refractivity contribution < 1.29 is 38.0 Å². The number of para-hydroxylation sites is 1. The molecule has 3 rings (SSSR count). The first-order valence-corrected chi connectivity index (χ1v) is 9.02. The van der Waals surface area contributed by atoms with Crippen molar-refractivity contribution in [3.63, 3.8) is 0 Å². The first-order valence-electron chi connectivity index (χ1n) is 9.02. The molecule has 10 heteroatoms. The topological polar surface area (TPSA) is 117 Å². The molecule has 0 amide bonds. The molecule has 0 bridgehead atoms. The second-order valence-corrected chi connectivity index (χ2v) is 6.68. The smallest absolute Gasteiger partial charge is 0.228 e. The standard InChI is InChI=1S/C20H21F3N2O5/c21-12-6-10(7-13(22)16(12)23)14(24)8-25-17-18(27)15(9-26)30-20(19(17)28)29-11-4-2-1-3-5-11/h1-8,15,17-20,25-28H,9,24H2/b14-8-. The van der Waals surface area contributed by atoms with E-state index in [0.29, 0.717) is 17.9 Å². The number of ether oxygens (including phenoxy) is 2. The van der Waals surface area contributed by atoms with E-state index < -0.39 is 54.7 Å². The maximum Gasteiger partial charge on any atom is 0.228 e. The molecule has 1 heterocycles. The van der Waals surface area contributed by atoms with Gasteiger partial charge in [-0.05, 0) is 24.3 Å². The van der Waals surface area contributed by atoms with Crippen LogP contribution in [0.2, 0.25) is 0 Å². The fourth-order valence-electron chi connectivity index (χ4n) is 3.01. The van der Waals surface area contributed by atoms with Gasteiger partial charge >= 0.3 is 0 Å². The zero-order chi connectivity index (χ0) is 21.8. The number of aliphatic hydroxyl groups is 3. The molecule has 5 unspecified atom stereocenters. The van der Waals surface area contributed by atoms with Crippen LogP contribution in [0.4, 0.5) is 13.2 Å². The van der Waals surface area contributed by atoms with Gasteiger partial charge in [0.05, 0.1) is 18.3 Å². The molecule has 30 heavy (non-hydrogen) atoms. The number of hydrogen-bond acceptors (Lipinski definition) is 7. The van der Waals surface area contributed by atoms with Crippen LogP contribution < -0.4 is 15.8 Å². The van der Waals surface area contributed by atoms with Crippen LogP contribution in [-0.4, -0.2) is 52.6 Å². The molecule has 1 aliphatic heterocycles. The first-order chi connectivity index (χ1) is 14.3. The highest BCUT2D eigenvalue weighted by Gasteiger charge is 2.45. The summed E-state index contributed by atoms with van der Waals surface area (Å²) in [6, 6.07) is 8.76. The molecule has 6 N–H and O–H groups in total. The molecular formula is C20H21F3N2O5. The van der Waals surface area contributed by atoms with Gasteiger partial charge in [0.25, 0.3) is 0 Å². The van der Waals surface area contributed by atoms with Crippen LogP contribution >= 0.6 is 0 Å². The van der Waals surface area contributed by atoms with E-state index in [1.54, 1.807) is 30.3 Å². The summed E-state index contributed by atoms with van der Waals surface area (Å²) in [5, 5.41) is 33.1. The lowest BCUT2D eigenvalue weighted by molar-refractivity contribution is -0.250. The molecule has 7 nitrogen and oxygen atoms in total. The Balaban J connectivity index is 1.79. The van der Waals surface area contributed by atoms with Gasteiger partial charge in [-0.2, -0.15) is 0 Å². The van der Waals surface area contributed by atoms with Crippen LogP contribution in [0.25, 0.3) is 5.70 Å². The lowest BCUT2D eigenvalue weighted by Crippen LogP contribution is -2.64. The predicted molar refractivity (Wildman–Crippen MR) is 100 cm³/mol. The van der Waals surface area contributed by atoms with E-state index in [9.17, 15) is 28.5 Å². The van der Waals surface area contributed by atoms with Gasteiger partial charge in [0, 0.05) is 11.8 Å². The number of hydrogen-bond donors (Lipinski definition) is 5. The van der Waals surface area contributed by atoms with E-state index in [4.69, 9.17) is 15.2 Å². The minimum absolute atomic E-state index is 0.147. The molecule has 162 valence electrons. The van der Waals surface area contributed by atoms with Gasteiger partial charge < -0.3 is 35.8 Å². The van der Waals surface area contributed by atoms with Crippen molar-refractivity contribution in [1.29, 1.82) is 0 Å². The summed E-state index contributed by atoms with van der Waals surface area (Å²) in [5.41, 5.74) is 5.46.